The van der Waals surface area contributed by atoms with E-state index in [0.717, 1.165) is 5.92 Å². The summed E-state index contributed by atoms with van der Waals surface area (Å²) < 4.78 is 0. The van der Waals surface area contributed by atoms with E-state index in [1.807, 2.05) is 0 Å². The number of fused-ring (bicyclic) bond motifs is 3. The van der Waals surface area contributed by atoms with Crippen LogP contribution in [0.3, 0.4) is 0 Å². The van der Waals surface area contributed by atoms with E-state index >= 15 is 0 Å². The van der Waals surface area contributed by atoms with E-state index in [0.29, 0.717) is 17.4 Å². The van der Waals surface area contributed by atoms with Crippen molar-refractivity contribution in [3.8, 4) is 0 Å². The highest BCUT2D eigenvalue weighted by molar-refractivity contribution is 5.94. The van der Waals surface area contributed by atoms with Crippen LogP contribution in [0, 0.1) is 17.3 Å². The minimum absolute atomic E-state index is 0.374. The first-order valence-corrected chi connectivity index (χ1v) is 5.33. The van der Waals surface area contributed by atoms with Crippen LogP contribution in [0.1, 0.15) is 25.7 Å². The molecule has 4 atom stereocenters. The molecular weight excluding hydrogens is 162 g/mol. The van der Waals surface area contributed by atoms with Gasteiger partial charge in [0.2, 0.25) is 0 Å². The molecule has 2 nitrogen and oxygen atoms in total. The van der Waals surface area contributed by atoms with Gasteiger partial charge in [0.1, 0.15) is 6.10 Å². The smallest absolute Gasteiger partial charge is 0.145 e. The Morgan fingerprint density at radius 1 is 1.46 bits per heavy atom. The normalized spacial score (nSPS) is 54.8. The summed E-state index contributed by atoms with van der Waals surface area (Å²) in [5.41, 5.74) is 1.76. The zero-order valence-corrected chi connectivity index (χ0v) is 7.57. The fraction of sp³-hybridized carbons (Fsp3) is 0.727. The third-order valence-electron chi connectivity index (χ3n) is 4.49. The minimum Gasteiger partial charge on any atom is -0.391 e. The molecule has 1 spiro atoms. The molecule has 2 bridgehead atoms. The third kappa shape index (κ3) is 0.534. The second-order valence-corrected chi connectivity index (χ2v) is 4.85. The number of nitrogens with zero attached hydrogens (tertiary/aromatic N) is 1. The molecule has 0 aromatic carbocycles. The molecule has 0 N–H and O–H groups in total. The van der Waals surface area contributed by atoms with Crippen molar-refractivity contribution in [2.24, 2.45) is 22.4 Å². The van der Waals surface area contributed by atoms with Crippen molar-refractivity contribution < 1.29 is 4.84 Å². The molecule has 13 heavy (non-hydrogen) atoms. The van der Waals surface area contributed by atoms with Gasteiger partial charge in [-0.15, -0.1) is 0 Å². The van der Waals surface area contributed by atoms with Crippen LogP contribution in [0.25, 0.3) is 0 Å². The Morgan fingerprint density at radius 3 is 3.46 bits per heavy atom. The van der Waals surface area contributed by atoms with Crippen LogP contribution < -0.4 is 0 Å². The lowest BCUT2D eigenvalue weighted by molar-refractivity contribution is 0.0135. The fourth-order valence-electron chi connectivity index (χ4n) is 3.98. The van der Waals surface area contributed by atoms with E-state index in [2.05, 4.69) is 17.3 Å². The second kappa shape index (κ2) is 1.84. The second-order valence-electron chi connectivity index (χ2n) is 4.85. The average molecular weight is 175 g/mol. The number of allylic oxidation sites excluding steroid dienone is 1. The van der Waals surface area contributed by atoms with Crippen molar-refractivity contribution in [3.63, 3.8) is 0 Å². The molecular formula is C11H13NO. The molecule has 0 saturated heterocycles. The predicted octanol–water partition coefficient (Wildman–Crippen LogP) is 2.12. The van der Waals surface area contributed by atoms with Crippen LogP contribution in [0.2, 0.25) is 0 Å². The van der Waals surface area contributed by atoms with Crippen LogP contribution in [0.4, 0.5) is 0 Å². The van der Waals surface area contributed by atoms with Gasteiger partial charge in [0.15, 0.2) is 0 Å². The monoisotopic (exact) mass is 175 g/mol. The summed E-state index contributed by atoms with van der Waals surface area (Å²) in [5.74, 6) is 1.43. The van der Waals surface area contributed by atoms with Crippen molar-refractivity contribution >= 4 is 5.71 Å². The van der Waals surface area contributed by atoms with Crippen molar-refractivity contribution in [2.75, 3.05) is 0 Å². The van der Waals surface area contributed by atoms with Crippen molar-refractivity contribution in [1.29, 1.82) is 0 Å². The summed E-state index contributed by atoms with van der Waals surface area (Å²) in [4.78, 5) is 5.61. The van der Waals surface area contributed by atoms with E-state index in [-0.39, 0.29) is 0 Å². The number of rotatable bonds is 0. The summed E-state index contributed by atoms with van der Waals surface area (Å²) in [7, 11) is 0. The zero-order chi connectivity index (χ0) is 8.47. The Labute approximate surface area is 77.6 Å². The number of hydrogen-bond acceptors (Lipinski definition) is 2. The maximum Gasteiger partial charge on any atom is 0.145 e. The molecule has 0 unspecified atom stereocenters. The molecule has 4 aliphatic rings. The van der Waals surface area contributed by atoms with Crippen LogP contribution in [0.15, 0.2) is 17.3 Å². The number of oxime groups is 1. The van der Waals surface area contributed by atoms with Gasteiger partial charge in [0, 0.05) is 5.92 Å². The van der Waals surface area contributed by atoms with Crippen molar-refractivity contribution in [3.05, 3.63) is 12.2 Å². The molecule has 0 amide bonds. The Hall–Kier alpha value is -0.790. The molecule has 0 aromatic rings. The Balaban J connectivity index is 1.92. The van der Waals surface area contributed by atoms with Gasteiger partial charge in [-0.3, -0.25) is 0 Å². The third-order valence-corrected chi connectivity index (χ3v) is 4.49. The topological polar surface area (TPSA) is 21.6 Å². The molecule has 1 aliphatic heterocycles. The lowest BCUT2D eigenvalue weighted by Gasteiger charge is -2.31. The van der Waals surface area contributed by atoms with E-state index < -0.39 is 0 Å². The van der Waals surface area contributed by atoms with Gasteiger partial charge >= 0.3 is 0 Å². The summed E-state index contributed by atoms with van der Waals surface area (Å²) in [6.07, 6.45) is 10.3. The highest BCUT2D eigenvalue weighted by Crippen LogP contribution is 2.62. The predicted molar refractivity (Wildman–Crippen MR) is 49.3 cm³/mol. The molecule has 68 valence electrons. The fourth-order valence-corrected chi connectivity index (χ4v) is 3.98. The molecule has 4 rings (SSSR count). The first-order chi connectivity index (χ1) is 6.41. The van der Waals surface area contributed by atoms with Crippen LogP contribution in [-0.2, 0) is 4.84 Å². The largest absolute Gasteiger partial charge is 0.391 e. The molecule has 2 fully saturated rings. The van der Waals surface area contributed by atoms with Gasteiger partial charge in [-0.25, -0.2) is 0 Å². The van der Waals surface area contributed by atoms with E-state index in [1.54, 1.807) is 0 Å². The highest BCUT2D eigenvalue weighted by atomic mass is 16.6. The maximum absolute atomic E-state index is 5.61. The summed E-state index contributed by atoms with van der Waals surface area (Å²) in [5, 5.41) is 4.29. The quantitative estimate of drug-likeness (QED) is 0.517. The van der Waals surface area contributed by atoms with Crippen LogP contribution in [-0.4, -0.2) is 11.8 Å². The van der Waals surface area contributed by atoms with E-state index in [4.69, 9.17) is 4.84 Å². The zero-order valence-electron chi connectivity index (χ0n) is 7.57. The molecule has 1 heterocycles. The van der Waals surface area contributed by atoms with E-state index in [1.165, 1.54) is 31.4 Å². The summed E-state index contributed by atoms with van der Waals surface area (Å²) >= 11 is 0. The van der Waals surface area contributed by atoms with Gasteiger partial charge in [-0.05, 0) is 31.6 Å². The summed E-state index contributed by atoms with van der Waals surface area (Å²) in [6, 6.07) is 0. The Kier molecular flexibility index (Phi) is 0.938. The van der Waals surface area contributed by atoms with Crippen molar-refractivity contribution in [1.82, 2.24) is 0 Å². The molecule has 0 radical (unpaired) electrons. The molecule has 0 aromatic heterocycles. The molecule has 2 saturated carbocycles. The Morgan fingerprint density at radius 2 is 2.46 bits per heavy atom. The maximum atomic E-state index is 5.61. The van der Waals surface area contributed by atoms with Crippen molar-refractivity contribution in [2.45, 2.75) is 31.8 Å². The molecule has 3 aliphatic carbocycles. The average Bonchev–Trinajstić information content (AvgIpc) is 2.78. The lowest BCUT2D eigenvalue weighted by Crippen LogP contribution is -2.38. The highest BCUT2D eigenvalue weighted by Gasteiger charge is 2.64. The SMILES string of the molecule is C1=C[C@H]2C[C@@H]1[C@]13CCCC1=NO[C@H]23. The van der Waals surface area contributed by atoms with Crippen LogP contribution >= 0.6 is 0 Å². The summed E-state index contributed by atoms with van der Waals surface area (Å²) in [6.45, 7) is 0. The number of hydrogen-bond donors (Lipinski definition) is 0. The Bertz CT molecular complexity index is 333. The first-order valence-electron chi connectivity index (χ1n) is 5.33. The first kappa shape index (κ1) is 6.63. The van der Waals surface area contributed by atoms with Gasteiger partial charge in [0.25, 0.3) is 0 Å². The standard InChI is InChI=1S/C11H13NO/c1-2-9-11(5-1)8-4-3-7(6-8)10(11)13-12-9/h3-4,7-8,10H,1-2,5-6H2/t7-,8+,10+,11+/m0/s1. The van der Waals surface area contributed by atoms with Gasteiger partial charge in [-0.2, -0.15) is 0 Å². The minimum atomic E-state index is 0.374. The molecule has 2 heteroatoms. The lowest BCUT2D eigenvalue weighted by atomic mass is 9.72. The van der Waals surface area contributed by atoms with Gasteiger partial charge in [-0.1, -0.05) is 17.3 Å². The van der Waals surface area contributed by atoms with Crippen LogP contribution in [0.5, 0.6) is 0 Å². The van der Waals surface area contributed by atoms with E-state index in [9.17, 15) is 0 Å². The van der Waals surface area contributed by atoms with Gasteiger partial charge in [0.05, 0.1) is 11.1 Å². The van der Waals surface area contributed by atoms with Gasteiger partial charge < -0.3 is 4.84 Å².